The van der Waals surface area contributed by atoms with Gasteiger partial charge in [0.25, 0.3) is 5.69 Å². The van der Waals surface area contributed by atoms with Gasteiger partial charge in [-0.15, -0.1) is 0 Å². The molecule has 2 aliphatic rings. The highest BCUT2D eigenvalue weighted by Crippen LogP contribution is 2.40. The molecule has 0 unspecified atom stereocenters. The van der Waals surface area contributed by atoms with Crippen LogP contribution in [0.25, 0.3) is 0 Å². The highest BCUT2D eigenvalue weighted by Gasteiger charge is 2.46. The number of non-ortho nitro benzene ring substituents is 1. The van der Waals surface area contributed by atoms with Gasteiger partial charge in [0.2, 0.25) is 5.91 Å². The number of nitro groups is 1. The van der Waals surface area contributed by atoms with Gasteiger partial charge in [-0.1, -0.05) is 24.4 Å². The molecule has 27 heavy (non-hydrogen) atoms. The number of carbonyl (C=O) groups excluding carboxylic acids is 2. The number of hydrogen-bond acceptors (Lipinski definition) is 6. The predicted molar refractivity (Wildman–Crippen MR) is 99.6 cm³/mol. The third kappa shape index (κ3) is 4.22. The van der Waals surface area contributed by atoms with Crippen molar-refractivity contribution in [2.24, 2.45) is 5.92 Å². The van der Waals surface area contributed by atoms with Crippen LogP contribution in [0.3, 0.4) is 0 Å². The lowest BCUT2D eigenvalue weighted by molar-refractivity contribution is -0.384. The standard InChI is InChI=1S/C18H22ClN3O5/c1-27-18(24)16-8-11-4-2-3-5-15(11)21(16)10-17(23)20-14-7-6-12(22(25)26)9-13(14)19/h6-7,9,11,15-16H,2-5,8,10H2,1H3,(H,20,23)/t11-,15-,16+/m1/s1. The number of fused-ring (bicyclic) bond motifs is 1. The van der Waals surface area contributed by atoms with E-state index >= 15 is 0 Å². The van der Waals surface area contributed by atoms with Crippen molar-refractivity contribution < 1.29 is 19.2 Å². The van der Waals surface area contributed by atoms with E-state index < -0.39 is 11.0 Å². The van der Waals surface area contributed by atoms with Crippen molar-refractivity contribution in [1.82, 2.24) is 4.90 Å². The number of anilines is 1. The number of amides is 1. The van der Waals surface area contributed by atoms with Crippen molar-refractivity contribution in [2.75, 3.05) is 19.0 Å². The lowest BCUT2D eigenvalue weighted by atomic mass is 9.85. The molecule has 1 aromatic rings. The number of nitrogens with zero attached hydrogens (tertiary/aromatic N) is 2. The maximum absolute atomic E-state index is 12.6. The fraction of sp³-hybridized carbons (Fsp3) is 0.556. The minimum absolute atomic E-state index is 0.0499. The Hall–Kier alpha value is -2.19. The molecule has 146 valence electrons. The van der Waals surface area contributed by atoms with Gasteiger partial charge < -0.3 is 10.1 Å². The third-order valence-electron chi connectivity index (χ3n) is 5.46. The number of nitro benzene ring substituents is 1. The van der Waals surface area contributed by atoms with Crippen molar-refractivity contribution in [3.63, 3.8) is 0 Å². The van der Waals surface area contributed by atoms with Crippen LogP contribution in [0.5, 0.6) is 0 Å². The number of likely N-dealkylation sites (tertiary alicyclic amines) is 1. The summed E-state index contributed by atoms with van der Waals surface area (Å²) in [7, 11) is 1.36. The van der Waals surface area contributed by atoms with E-state index in [-0.39, 0.29) is 35.2 Å². The Balaban J connectivity index is 1.71. The van der Waals surface area contributed by atoms with Gasteiger partial charge in [0.15, 0.2) is 0 Å². The fourth-order valence-corrected chi connectivity index (χ4v) is 4.44. The number of methoxy groups -OCH3 is 1. The number of nitrogens with one attached hydrogen (secondary N) is 1. The molecule has 1 heterocycles. The first-order valence-corrected chi connectivity index (χ1v) is 9.36. The molecule has 1 aliphatic heterocycles. The zero-order valence-corrected chi connectivity index (χ0v) is 15.8. The molecule has 3 rings (SSSR count). The second kappa shape index (κ2) is 8.22. The summed E-state index contributed by atoms with van der Waals surface area (Å²) in [5.41, 5.74) is 0.162. The minimum Gasteiger partial charge on any atom is -0.468 e. The molecule has 0 aromatic heterocycles. The average Bonchev–Trinajstić information content (AvgIpc) is 3.01. The zero-order valence-electron chi connectivity index (χ0n) is 15.0. The van der Waals surface area contributed by atoms with Crippen LogP contribution in [0.4, 0.5) is 11.4 Å². The topological polar surface area (TPSA) is 102 Å². The number of ether oxygens (including phenoxy) is 1. The molecule has 2 fully saturated rings. The molecule has 1 aliphatic carbocycles. The molecule has 1 N–H and O–H groups in total. The van der Waals surface area contributed by atoms with Gasteiger partial charge >= 0.3 is 5.97 Å². The Morgan fingerprint density at radius 2 is 2.11 bits per heavy atom. The molecule has 1 amide bonds. The van der Waals surface area contributed by atoms with Crippen LogP contribution in [0.15, 0.2) is 18.2 Å². The molecule has 3 atom stereocenters. The van der Waals surface area contributed by atoms with Crippen LogP contribution in [-0.4, -0.2) is 47.4 Å². The number of hydrogen-bond donors (Lipinski definition) is 1. The van der Waals surface area contributed by atoms with Crippen molar-refractivity contribution in [1.29, 1.82) is 0 Å². The Kier molecular flexibility index (Phi) is 5.96. The van der Waals surface area contributed by atoms with Crippen molar-refractivity contribution in [3.8, 4) is 0 Å². The summed E-state index contributed by atoms with van der Waals surface area (Å²) in [6.45, 7) is 0.0499. The van der Waals surface area contributed by atoms with Crippen LogP contribution in [0.2, 0.25) is 5.02 Å². The highest BCUT2D eigenvalue weighted by atomic mass is 35.5. The number of rotatable bonds is 5. The molecule has 1 saturated heterocycles. The molecule has 0 radical (unpaired) electrons. The summed E-state index contributed by atoms with van der Waals surface area (Å²) in [6, 6.07) is 3.67. The third-order valence-corrected chi connectivity index (χ3v) is 5.77. The Morgan fingerprint density at radius 3 is 2.78 bits per heavy atom. The summed E-state index contributed by atoms with van der Waals surface area (Å²) < 4.78 is 4.93. The molecule has 9 heteroatoms. The summed E-state index contributed by atoms with van der Waals surface area (Å²) in [5, 5.41) is 13.6. The Labute approximate surface area is 162 Å². The van der Waals surface area contributed by atoms with E-state index in [1.54, 1.807) is 0 Å². The van der Waals surface area contributed by atoms with E-state index in [9.17, 15) is 19.7 Å². The summed E-state index contributed by atoms with van der Waals surface area (Å²) in [5.74, 6) is -0.227. The Morgan fingerprint density at radius 1 is 1.37 bits per heavy atom. The minimum atomic E-state index is -0.550. The number of benzene rings is 1. The first-order valence-electron chi connectivity index (χ1n) is 8.98. The van der Waals surface area contributed by atoms with Gasteiger partial charge in [0.05, 0.1) is 29.3 Å². The molecule has 1 saturated carbocycles. The lowest BCUT2D eigenvalue weighted by Crippen LogP contribution is -2.46. The first-order chi connectivity index (χ1) is 12.9. The smallest absolute Gasteiger partial charge is 0.323 e. The maximum atomic E-state index is 12.6. The molecule has 0 spiro atoms. The van der Waals surface area contributed by atoms with E-state index in [1.807, 2.05) is 4.90 Å². The second-order valence-electron chi connectivity index (χ2n) is 7.03. The molecule has 1 aromatic carbocycles. The largest absolute Gasteiger partial charge is 0.468 e. The SMILES string of the molecule is COC(=O)[C@@H]1C[C@H]2CCCC[C@H]2N1CC(=O)Nc1ccc([N+](=O)[O-])cc1Cl. The molecular weight excluding hydrogens is 374 g/mol. The van der Waals surface area contributed by atoms with E-state index in [2.05, 4.69) is 5.32 Å². The predicted octanol–water partition coefficient (Wildman–Crippen LogP) is 2.99. The van der Waals surface area contributed by atoms with Crippen LogP contribution >= 0.6 is 11.6 Å². The second-order valence-corrected chi connectivity index (χ2v) is 7.44. The quantitative estimate of drug-likeness (QED) is 0.467. The van der Waals surface area contributed by atoms with Crippen molar-refractivity contribution in [3.05, 3.63) is 33.3 Å². The van der Waals surface area contributed by atoms with Crippen LogP contribution in [-0.2, 0) is 14.3 Å². The maximum Gasteiger partial charge on any atom is 0.323 e. The summed E-state index contributed by atoms with van der Waals surface area (Å²) in [4.78, 5) is 36.9. The van der Waals surface area contributed by atoms with Crippen molar-refractivity contribution >= 4 is 34.9 Å². The van der Waals surface area contributed by atoms with Gasteiger partial charge in [-0.05, 0) is 31.2 Å². The van der Waals surface area contributed by atoms with E-state index in [0.29, 0.717) is 18.0 Å². The van der Waals surface area contributed by atoms with Gasteiger partial charge in [0.1, 0.15) is 6.04 Å². The van der Waals surface area contributed by atoms with E-state index in [4.69, 9.17) is 16.3 Å². The van der Waals surface area contributed by atoms with Gasteiger partial charge in [-0.25, -0.2) is 0 Å². The normalized spacial score (nSPS) is 24.9. The monoisotopic (exact) mass is 395 g/mol. The molecular formula is C18H22ClN3O5. The highest BCUT2D eigenvalue weighted by molar-refractivity contribution is 6.34. The summed E-state index contributed by atoms with van der Waals surface area (Å²) in [6.07, 6.45) is 4.96. The zero-order chi connectivity index (χ0) is 19.6. The number of carbonyl (C=O) groups is 2. The number of esters is 1. The average molecular weight is 396 g/mol. The van der Waals surface area contributed by atoms with Crippen LogP contribution in [0, 0.1) is 16.0 Å². The number of halogens is 1. The van der Waals surface area contributed by atoms with Crippen LogP contribution < -0.4 is 5.32 Å². The van der Waals surface area contributed by atoms with Gasteiger partial charge in [0, 0.05) is 18.2 Å². The van der Waals surface area contributed by atoms with Gasteiger partial charge in [-0.3, -0.25) is 24.6 Å². The molecule has 0 bridgehead atoms. The van der Waals surface area contributed by atoms with E-state index in [0.717, 1.165) is 25.7 Å². The summed E-state index contributed by atoms with van der Waals surface area (Å²) >= 11 is 6.04. The van der Waals surface area contributed by atoms with Crippen LogP contribution in [0.1, 0.15) is 32.1 Å². The van der Waals surface area contributed by atoms with Gasteiger partial charge in [-0.2, -0.15) is 0 Å². The van der Waals surface area contributed by atoms with E-state index in [1.165, 1.54) is 25.3 Å². The molecule has 8 nitrogen and oxygen atoms in total. The first kappa shape index (κ1) is 19.6. The Bertz CT molecular complexity index is 757. The fourth-order valence-electron chi connectivity index (χ4n) is 4.22. The lowest BCUT2D eigenvalue weighted by Gasteiger charge is -2.32. The van der Waals surface area contributed by atoms with Crippen molar-refractivity contribution in [2.45, 2.75) is 44.2 Å².